The minimum Gasteiger partial charge on any atom is -0.206 e. The molecule has 0 bridgehead atoms. The standard InChI is InChI=1S/C11H11N3S/c1-7-6-8(7)11(15)14-10-5-3-2-4-9(10)12-13-14/h2-5,7-8H,6H2,1H3/t7-,8+/m0/s1. The molecule has 1 aliphatic carbocycles. The van der Waals surface area contributed by atoms with Crippen LogP contribution in [0.3, 0.4) is 0 Å². The van der Waals surface area contributed by atoms with Crippen LogP contribution >= 0.6 is 12.2 Å². The van der Waals surface area contributed by atoms with Gasteiger partial charge >= 0.3 is 0 Å². The van der Waals surface area contributed by atoms with E-state index in [1.54, 1.807) is 4.68 Å². The minimum atomic E-state index is 0.519. The Hall–Kier alpha value is -1.29. The summed E-state index contributed by atoms with van der Waals surface area (Å²) in [5.74, 6) is 1.23. The molecule has 2 aromatic rings. The summed E-state index contributed by atoms with van der Waals surface area (Å²) < 4.78 is 1.80. The number of benzene rings is 1. The lowest BCUT2D eigenvalue weighted by molar-refractivity contribution is 0.825. The lowest BCUT2D eigenvalue weighted by Gasteiger charge is -2.01. The Balaban J connectivity index is 2.07. The molecule has 4 heteroatoms. The molecule has 0 radical (unpaired) electrons. The van der Waals surface area contributed by atoms with Crippen molar-refractivity contribution in [1.29, 1.82) is 0 Å². The van der Waals surface area contributed by atoms with Gasteiger partial charge in [0.25, 0.3) is 0 Å². The second-order valence-corrected chi connectivity index (χ2v) is 4.57. The minimum absolute atomic E-state index is 0.519. The molecule has 0 spiro atoms. The summed E-state index contributed by atoms with van der Waals surface area (Å²) in [6, 6.07) is 7.91. The van der Waals surface area contributed by atoms with Gasteiger partial charge < -0.3 is 0 Å². The monoisotopic (exact) mass is 217 g/mol. The zero-order valence-electron chi connectivity index (χ0n) is 8.42. The second-order valence-electron chi connectivity index (χ2n) is 4.15. The molecule has 3 nitrogen and oxygen atoms in total. The van der Waals surface area contributed by atoms with E-state index in [1.807, 2.05) is 24.3 Å². The Labute approximate surface area is 93.1 Å². The molecular formula is C11H11N3S. The van der Waals surface area contributed by atoms with Crippen LogP contribution in [-0.2, 0) is 0 Å². The number of thiocarbonyl (C=S) groups is 1. The average molecular weight is 217 g/mol. The van der Waals surface area contributed by atoms with Crippen LogP contribution in [0.25, 0.3) is 11.0 Å². The fraction of sp³-hybridized carbons (Fsp3) is 0.364. The Kier molecular flexibility index (Phi) is 1.85. The number of rotatable bonds is 1. The summed E-state index contributed by atoms with van der Waals surface area (Å²) >= 11 is 5.43. The molecule has 3 rings (SSSR count). The van der Waals surface area contributed by atoms with E-state index >= 15 is 0 Å². The molecule has 0 amide bonds. The van der Waals surface area contributed by atoms with E-state index in [1.165, 1.54) is 6.42 Å². The van der Waals surface area contributed by atoms with Gasteiger partial charge in [-0.3, -0.25) is 0 Å². The molecule has 1 aromatic heterocycles. The van der Waals surface area contributed by atoms with Gasteiger partial charge in [-0.25, -0.2) is 4.68 Å². The number of para-hydroxylation sites is 1. The number of aromatic nitrogens is 3. The fourth-order valence-electron chi connectivity index (χ4n) is 1.85. The lowest BCUT2D eigenvalue weighted by Crippen LogP contribution is -2.13. The molecule has 76 valence electrons. The molecule has 0 N–H and O–H groups in total. The Bertz CT molecular complexity index is 531. The van der Waals surface area contributed by atoms with Crippen molar-refractivity contribution in [3.8, 4) is 0 Å². The molecule has 2 atom stereocenters. The quantitative estimate of drug-likeness (QED) is 0.686. The van der Waals surface area contributed by atoms with Crippen LogP contribution in [-0.4, -0.2) is 20.0 Å². The number of hydrogen-bond donors (Lipinski definition) is 0. The first-order chi connectivity index (χ1) is 7.27. The first-order valence-corrected chi connectivity index (χ1v) is 5.53. The van der Waals surface area contributed by atoms with Crippen LogP contribution in [0.5, 0.6) is 0 Å². The highest BCUT2D eigenvalue weighted by Crippen LogP contribution is 2.39. The molecule has 0 aliphatic heterocycles. The van der Waals surface area contributed by atoms with Gasteiger partial charge in [0.2, 0.25) is 0 Å². The van der Waals surface area contributed by atoms with Crippen LogP contribution < -0.4 is 0 Å². The molecular weight excluding hydrogens is 206 g/mol. The van der Waals surface area contributed by atoms with Crippen molar-refractivity contribution >= 4 is 28.2 Å². The zero-order chi connectivity index (χ0) is 10.4. The second kappa shape index (κ2) is 3.10. The zero-order valence-corrected chi connectivity index (χ0v) is 9.24. The summed E-state index contributed by atoms with van der Waals surface area (Å²) in [6.45, 7) is 2.22. The summed E-state index contributed by atoms with van der Waals surface area (Å²) in [5.41, 5.74) is 1.93. The third kappa shape index (κ3) is 1.36. The van der Waals surface area contributed by atoms with E-state index in [-0.39, 0.29) is 0 Å². The maximum atomic E-state index is 5.43. The SMILES string of the molecule is C[C@H]1C[C@H]1C(=S)n1nnc2ccccc21. The Morgan fingerprint density at radius 3 is 2.93 bits per heavy atom. The van der Waals surface area contributed by atoms with E-state index in [0.29, 0.717) is 11.8 Å². The molecule has 1 aliphatic rings. The van der Waals surface area contributed by atoms with Gasteiger partial charge in [-0.2, -0.15) is 0 Å². The van der Waals surface area contributed by atoms with Crippen LogP contribution in [0.1, 0.15) is 13.3 Å². The van der Waals surface area contributed by atoms with E-state index in [4.69, 9.17) is 12.2 Å². The van der Waals surface area contributed by atoms with Gasteiger partial charge in [0.1, 0.15) is 10.5 Å². The van der Waals surface area contributed by atoms with Gasteiger partial charge in [-0.1, -0.05) is 36.5 Å². The van der Waals surface area contributed by atoms with Gasteiger partial charge in [-0.05, 0) is 24.5 Å². The molecule has 1 heterocycles. The van der Waals surface area contributed by atoms with Crippen molar-refractivity contribution in [2.75, 3.05) is 0 Å². The average Bonchev–Trinajstić information content (AvgIpc) is 2.83. The highest BCUT2D eigenvalue weighted by Gasteiger charge is 2.37. The van der Waals surface area contributed by atoms with Crippen molar-refractivity contribution in [3.63, 3.8) is 0 Å². The van der Waals surface area contributed by atoms with Crippen LogP contribution in [0.2, 0.25) is 0 Å². The van der Waals surface area contributed by atoms with Crippen molar-refractivity contribution in [3.05, 3.63) is 24.3 Å². The summed E-state index contributed by atoms with van der Waals surface area (Å²) in [7, 11) is 0. The Morgan fingerprint density at radius 1 is 1.47 bits per heavy atom. The maximum Gasteiger partial charge on any atom is 0.113 e. The van der Waals surface area contributed by atoms with Gasteiger partial charge in [-0.15, -0.1) is 5.10 Å². The van der Waals surface area contributed by atoms with Gasteiger partial charge in [0.05, 0.1) is 5.52 Å². The third-order valence-electron chi connectivity index (χ3n) is 2.99. The lowest BCUT2D eigenvalue weighted by atomic mass is 10.3. The maximum absolute atomic E-state index is 5.43. The smallest absolute Gasteiger partial charge is 0.113 e. The molecule has 15 heavy (non-hydrogen) atoms. The summed E-state index contributed by atoms with van der Waals surface area (Å²) in [4.78, 5) is 0.913. The molecule has 1 aromatic carbocycles. The fourth-order valence-corrected chi connectivity index (χ4v) is 2.32. The molecule has 1 fully saturated rings. The van der Waals surface area contributed by atoms with E-state index in [0.717, 1.165) is 16.0 Å². The van der Waals surface area contributed by atoms with E-state index in [2.05, 4.69) is 17.2 Å². The van der Waals surface area contributed by atoms with Crippen LogP contribution in [0.15, 0.2) is 24.3 Å². The first-order valence-electron chi connectivity index (χ1n) is 5.12. The van der Waals surface area contributed by atoms with E-state index < -0.39 is 0 Å². The van der Waals surface area contributed by atoms with E-state index in [9.17, 15) is 0 Å². The largest absolute Gasteiger partial charge is 0.206 e. The number of hydrogen-bond acceptors (Lipinski definition) is 3. The predicted octanol–water partition coefficient (Wildman–Crippen LogP) is 2.26. The normalized spacial score (nSPS) is 24.3. The van der Waals surface area contributed by atoms with Crippen molar-refractivity contribution < 1.29 is 0 Å². The third-order valence-corrected chi connectivity index (χ3v) is 3.46. The van der Waals surface area contributed by atoms with Crippen molar-refractivity contribution in [1.82, 2.24) is 15.0 Å². The van der Waals surface area contributed by atoms with Crippen molar-refractivity contribution in [2.24, 2.45) is 11.8 Å². The number of fused-ring (bicyclic) bond motifs is 1. The highest BCUT2D eigenvalue weighted by atomic mass is 32.1. The molecule has 1 saturated carbocycles. The van der Waals surface area contributed by atoms with Gasteiger partial charge in [0.15, 0.2) is 0 Å². The topological polar surface area (TPSA) is 30.7 Å². The number of nitrogens with zero attached hydrogens (tertiary/aromatic N) is 3. The van der Waals surface area contributed by atoms with Crippen LogP contribution in [0.4, 0.5) is 0 Å². The summed E-state index contributed by atoms with van der Waals surface area (Å²) in [5, 5.41) is 8.22. The van der Waals surface area contributed by atoms with Gasteiger partial charge in [0, 0.05) is 5.92 Å². The van der Waals surface area contributed by atoms with Crippen molar-refractivity contribution in [2.45, 2.75) is 13.3 Å². The molecule has 0 unspecified atom stereocenters. The molecule has 0 saturated heterocycles. The first kappa shape index (κ1) is 8.97. The predicted molar refractivity (Wildman–Crippen MR) is 62.8 cm³/mol. The Morgan fingerprint density at radius 2 is 2.20 bits per heavy atom. The van der Waals surface area contributed by atoms with Crippen LogP contribution in [0, 0.1) is 11.8 Å². The summed E-state index contributed by atoms with van der Waals surface area (Å²) in [6.07, 6.45) is 1.19. The highest BCUT2D eigenvalue weighted by molar-refractivity contribution is 7.80.